The van der Waals surface area contributed by atoms with Gasteiger partial charge in [0.05, 0.1) is 19.3 Å². The minimum Gasteiger partial charge on any atom is -0.497 e. The lowest BCUT2D eigenvalue weighted by Gasteiger charge is -2.27. The quantitative estimate of drug-likeness (QED) is 0.579. The maximum atomic E-state index is 13.4. The highest BCUT2D eigenvalue weighted by Crippen LogP contribution is 2.45. The second-order valence-corrected chi connectivity index (χ2v) is 10.4. The van der Waals surface area contributed by atoms with Gasteiger partial charge >= 0.3 is 0 Å². The number of amides is 2. The van der Waals surface area contributed by atoms with Crippen LogP contribution in [0.5, 0.6) is 5.75 Å². The number of thioether (sulfide) groups is 1. The number of likely N-dealkylation sites (tertiary alicyclic amines) is 1. The summed E-state index contributed by atoms with van der Waals surface area (Å²) in [6, 6.07) is 16.1. The van der Waals surface area contributed by atoms with Crippen LogP contribution in [0.25, 0.3) is 0 Å². The maximum Gasteiger partial charge on any atom is 0.236 e. The van der Waals surface area contributed by atoms with Gasteiger partial charge in [-0.1, -0.05) is 37.1 Å². The molecule has 4 rings (SSSR count). The number of benzene rings is 2. The average Bonchev–Trinajstić information content (AvgIpc) is 3.21. The van der Waals surface area contributed by atoms with Gasteiger partial charge in [0, 0.05) is 42.7 Å². The van der Waals surface area contributed by atoms with E-state index in [-0.39, 0.29) is 17.1 Å². The van der Waals surface area contributed by atoms with Crippen molar-refractivity contribution in [2.45, 2.75) is 42.2 Å². The number of ether oxygens (including phenoxy) is 1. The van der Waals surface area contributed by atoms with Gasteiger partial charge < -0.3 is 14.5 Å². The molecule has 2 amide bonds. The Labute approximate surface area is 207 Å². The lowest BCUT2D eigenvalue weighted by molar-refractivity contribution is -0.132. The van der Waals surface area contributed by atoms with Crippen LogP contribution in [-0.4, -0.2) is 68.5 Å². The van der Waals surface area contributed by atoms with Crippen molar-refractivity contribution in [1.29, 1.82) is 0 Å². The lowest BCUT2D eigenvalue weighted by atomic mass is 10.1. The number of methoxy groups -OCH3 is 1. The largest absolute Gasteiger partial charge is 0.497 e. The Kier molecular flexibility index (Phi) is 8.51. The van der Waals surface area contributed by atoms with Crippen LogP contribution in [0.15, 0.2) is 53.4 Å². The third-order valence-corrected chi connectivity index (χ3v) is 7.97. The van der Waals surface area contributed by atoms with Crippen molar-refractivity contribution >= 4 is 29.3 Å². The summed E-state index contributed by atoms with van der Waals surface area (Å²) in [5.74, 6) is 1.13. The molecule has 182 valence electrons. The number of hydrogen-bond acceptors (Lipinski definition) is 5. The number of likely N-dealkylation sites (N-methyl/N-ethyl adjacent to an activating group) is 1. The maximum absolute atomic E-state index is 13.4. The predicted octanol–water partition coefficient (Wildman–Crippen LogP) is 4.60. The number of anilines is 1. The Hall–Kier alpha value is -2.51. The normalized spacial score (nSPS) is 18.9. The molecule has 1 saturated heterocycles. The van der Waals surface area contributed by atoms with E-state index >= 15 is 0 Å². The van der Waals surface area contributed by atoms with Crippen LogP contribution < -0.4 is 9.64 Å². The molecule has 1 atom stereocenters. The molecule has 2 aromatic rings. The van der Waals surface area contributed by atoms with Crippen LogP contribution in [0.3, 0.4) is 0 Å². The molecule has 1 fully saturated rings. The Morgan fingerprint density at radius 2 is 1.76 bits per heavy atom. The zero-order chi connectivity index (χ0) is 23.9. The van der Waals surface area contributed by atoms with E-state index in [1.807, 2.05) is 64.2 Å². The van der Waals surface area contributed by atoms with E-state index in [9.17, 15) is 9.59 Å². The molecule has 6 nitrogen and oxygen atoms in total. The van der Waals surface area contributed by atoms with Crippen LogP contribution in [0.1, 0.15) is 42.9 Å². The SMILES string of the molecule is COc1ccc(C2CC(=O)N(CCN(C)CC(=O)N3CCCCCC3)c3ccccc3S2)cc1. The minimum atomic E-state index is 0.0481. The summed E-state index contributed by atoms with van der Waals surface area (Å²) < 4.78 is 5.29. The highest BCUT2D eigenvalue weighted by Gasteiger charge is 2.29. The molecule has 0 spiro atoms. The number of hydrogen-bond donors (Lipinski definition) is 0. The predicted molar refractivity (Wildman–Crippen MR) is 138 cm³/mol. The van der Waals surface area contributed by atoms with E-state index in [1.165, 1.54) is 12.8 Å². The zero-order valence-electron chi connectivity index (χ0n) is 20.2. The van der Waals surface area contributed by atoms with E-state index in [1.54, 1.807) is 18.9 Å². The Morgan fingerprint density at radius 3 is 2.47 bits per heavy atom. The molecule has 0 saturated carbocycles. The molecule has 0 aliphatic carbocycles. The molecule has 2 aliphatic heterocycles. The van der Waals surface area contributed by atoms with E-state index < -0.39 is 0 Å². The minimum absolute atomic E-state index is 0.0481. The highest BCUT2D eigenvalue weighted by atomic mass is 32.2. The standard InChI is InChI=1S/C27H35N3O3S/c1-28(20-27(32)29-15-7-3-4-8-16-29)17-18-30-23-9-5-6-10-24(23)34-25(19-26(30)31)21-11-13-22(33-2)14-12-21/h5-6,9-14,25H,3-4,7-8,15-20H2,1-2H3. The first-order chi connectivity index (χ1) is 16.5. The van der Waals surface area contributed by atoms with Gasteiger partial charge in [-0.2, -0.15) is 0 Å². The summed E-state index contributed by atoms with van der Waals surface area (Å²) in [5.41, 5.74) is 2.08. The number of rotatable bonds is 7. The van der Waals surface area contributed by atoms with Crippen LogP contribution >= 0.6 is 11.8 Å². The van der Waals surface area contributed by atoms with Crippen molar-refractivity contribution in [1.82, 2.24) is 9.80 Å². The van der Waals surface area contributed by atoms with Crippen molar-refractivity contribution in [3.8, 4) is 5.75 Å². The Morgan fingerprint density at radius 1 is 1.06 bits per heavy atom. The third kappa shape index (κ3) is 6.13. The second kappa shape index (κ2) is 11.8. The van der Waals surface area contributed by atoms with Gasteiger partial charge in [-0.3, -0.25) is 14.5 Å². The van der Waals surface area contributed by atoms with E-state index in [0.717, 1.165) is 47.8 Å². The first-order valence-corrected chi connectivity index (χ1v) is 13.1. The summed E-state index contributed by atoms with van der Waals surface area (Å²) in [5, 5.41) is 0.0481. The second-order valence-electron chi connectivity index (χ2n) is 9.13. The summed E-state index contributed by atoms with van der Waals surface area (Å²) in [6.07, 6.45) is 5.06. The average molecular weight is 482 g/mol. The van der Waals surface area contributed by atoms with Gasteiger partial charge in [0.25, 0.3) is 0 Å². The summed E-state index contributed by atoms with van der Waals surface area (Å²) in [7, 11) is 3.63. The fraction of sp³-hybridized carbons (Fsp3) is 0.481. The first kappa shape index (κ1) is 24.6. The van der Waals surface area contributed by atoms with Gasteiger partial charge in [-0.05, 0) is 49.7 Å². The molecule has 0 bridgehead atoms. The molecule has 0 aromatic heterocycles. The lowest BCUT2D eigenvalue weighted by Crippen LogP contribution is -2.43. The van der Waals surface area contributed by atoms with Crippen LogP contribution in [-0.2, 0) is 9.59 Å². The van der Waals surface area contributed by atoms with Gasteiger partial charge in [0.1, 0.15) is 5.75 Å². The number of carbonyl (C=O) groups excluding carboxylic acids is 2. The van der Waals surface area contributed by atoms with Crippen molar-refractivity contribution < 1.29 is 14.3 Å². The molecular weight excluding hydrogens is 446 g/mol. The topological polar surface area (TPSA) is 53.1 Å². The van der Waals surface area contributed by atoms with Crippen molar-refractivity contribution in [3.63, 3.8) is 0 Å². The molecule has 34 heavy (non-hydrogen) atoms. The highest BCUT2D eigenvalue weighted by molar-refractivity contribution is 7.99. The molecule has 0 N–H and O–H groups in total. The van der Waals surface area contributed by atoms with Gasteiger partial charge in [-0.15, -0.1) is 11.8 Å². The van der Waals surface area contributed by atoms with E-state index in [0.29, 0.717) is 26.1 Å². The van der Waals surface area contributed by atoms with E-state index in [2.05, 4.69) is 6.07 Å². The van der Waals surface area contributed by atoms with Crippen molar-refractivity contribution in [3.05, 3.63) is 54.1 Å². The molecule has 0 radical (unpaired) electrons. The van der Waals surface area contributed by atoms with Crippen molar-refractivity contribution in [2.24, 2.45) is 0 Å². The molecule has 2 aromatic carbocycles. The Bertz CT molecular complexity index is 973. The number of nitrogens with zero attached hydrogens (tertiary/aromatic N) is 3. The number of carbonyl (C=O) groups is 2. The van der Waals surface area contributed by atoms with Crippen LogP contribution in [0.2, 0.25) is 0 Å². The molecule has 2 aliphatic rings. The zero-order valence-corrected chi connectivity index (χ0v) is 21.1. The third-order valence-electron chi connectivity index (χ3n) is 6.64. The van der Waals surface area contributed by atoms with Gasteiger partial charge in [0.15, 0.2) is 0 Å². The summed E-state index contributed by atoms with van der Waals surface area (Å²) in [6.45, 7) is 3.35. The fourth-order valence-electron chi connectivity index (χ4n) is 4.63. The van der Waals surface area contributed by atoms with Crippen molar-refractivity contribution in [2.75, 3.05) is 51.8 Å². The van der Waals surface area contributed by atoms with Gasteiger partial charge in [-0.25, -0.2) is 0 Å². The van der Waals surface area contributed by atoms with Gasteiger partial charge in [0.2, 0.25) is 11.8 Å². The van der Waals surface area contributed by atoms with Crippen LogP contribution in [0, 0.1) is 0 Å². The number of fused-ring (bicyclic) bond motifs is 1. The fourth-order valence-corrected chi connectivity index (χ4v) is 5.91. The number of para-hydroxylation sites is 1. The smallest absolute Gasteiger partial charge is 0.236 e. The molecule has 7 heteroatoms. The van der Waals surface area contributed by atoms with Crippen LogP contribution in [0.4, 0.5) is 5.69 Å². The van der Waals surface area contributed by atoms with E-state index in [4.69, 9.17) is 4.74 Å². The first-order valence-electron chi connectivity index (χ1n) is 12.2. The molecule has 2 heterocycles. The monoisotopic (exact) mass is 481 g/mol. The molecule has 1 unspecified atom stereocenters. The summed E-state index contributed by atoms with van der Waals surface area (Å²) in [4.78, 5) is 33.2. The Balaban J connectivity index is 1.42. The molecular formula is C27H35N3O3S. The summed E-state index contributed by atoms with van der Waals surface area (Å²) >= 11 is 1.74.